The minimum atomic E-state index is -4.01. The smallest absolute Gasteiger partial charge is 0.207 e. The molecule has 0 unspecified atom stereocenters. The number of nitrogens with zero attached hydrogens (tertiary/aromatic N) is 1. The summed E-state index contributed by atoms with van der Waals surface area (Å²) >= 11 is 1.59. The summed E-state index contributed by atoms with van der Waals surface area (Å²) in [6, 6.07) is 9.84. The summed E-state index contributed by atoms with van der Waals surface area (Å²) in [5.74, 6) is -1.91. The summed E-state index contributed by atoms with van der Waals surface area (Å²) in [7, 11) is -2.65. The van der Waals surface area contributed by atoms with Gasteiger partial charge in [0.1, 0.15) is 16.5 Å². The zero-order chi connectivity index (χ0) is 16.3. The van der Waals surface area contributed by atoms with Crippen LogP contribution in [0.1, 0.15) is 5.56 Å². The maximum atomic E-state index is 13.7. The number of halogens is 2. The maximum Gasteiger partial charge on any atom is 0.246 e. The molecule has 0 aliphatic heterocycles. The second-order valence-electron chi connectivity index (χ2n) is 4.68. The van der Waals surface area contributed by atoms with Crippen molar-refractivity contribution in [2.24, 2.45) is 0 Å². The zero-order valence-electron chi connectivity index (χ0n) is 12.1. The van der Waals surface area contributed by atoms with Gasteiger partial charge in [-0.1, -0.05) is 12.1 Å². The highest BCUT2D eigenvalue weighted by atomic mass is 32.2. The molecule has 2 aromatic rings. The Hall–Kier alpha value is -1.44. The summed E-state index contributed by atoms with van der Waals surface area (Å²) in [5, 5.41) is 0. The maximum absolute atomic E-state index is 13.7. The van der Waals surface area contributed by atoms with E-state index in [1.807, 2.05) is 30.5 Å². The molecule has 0 heterocycles. The van der Waals surface area contributed by atoms with Crippen molar-refractivity contribution in [1.82, 2.24) is 4.31 Å². The quantitative estimate of drug-likeness (QED) is 0.780. The summed E-state index contributed by atoms with van der Waals surface area (Å²) in [6.45, 7) is 0.105. The van der Waals surface area contributed by atoms with Gasteiger partial charge in [-0.25, -0.2) is 17.2 Å². The number of benzene rings is 2. The monoisotopic (exact) mass is 343 g/mol. The molecule has 0 atom stereocenters. The van der Waals surface area contributed by atoms with Gasteiger partial charge in [0.25, 0.3) is 0 Å². The summed E-state index contributed by atoms with van der Waals surface area (Å²) in [4.78, 5) is 0.538. The molecular weight excluding hydrogens is 328 g/mol. The molecule has 0 fully saturated rings. The third-order valence-corrected chi connectivity index (χ3v) is 5.73. The molecular formula is C15H15F2NO2S2. The molecule has 3 nitrogen and oxygen atoms in total. The largest absolute Gasteiger partial charge is 0.246 e. The Labute approximate surface area is 133 Å². The topological polar surface area (TPSA) is 37.4 Å². The standard InChI is InChI=1S/C15H15F2NO2S2/c1-18(10-11-3-6-13(21-2)7-4-11)22(19,20)15-8-5-12(16)9-14(15)17/h3-9H,10H2,1-2H3. The molecule has 0 aromatic heterocycles. The third kappa shape index (κ3) is 3.66. The predicted molar refractivity (Wildman–Crippen MR) is 83.2 cm³/mol. The van der Waals surface area contributed by atoms with E-state index in [9.17, 15) is 17.2 Å². The molecule has 0 radical (unpaired) electrons. The van der Waals surface area contributed by atoms with Gasteiger partial charge in [-0.3, -0.25) is 0 Å². The van der Waals surface area contributed by atoms with Crippen LogP contribution in [0.4, 0.5) is 8.78 Å². The Balaban J connectivity index is 2.24. The average molecular weight is 343 g/mol. The first-order chi connectivity index (χ1) is 10.3. The van der Waals surface area contributed by atoms with E-state index in [0.29, 0.717) is 6.07 Å². The van der Waals surface area contributed by atoms with Crippen LogP contribution in [0.3, 0.4) is 0 Å². The molecule has 2 aromatic carbocycles. The first-order valence-corrected chi connectivity index (χ1v) is 9.05. The van der Waals surface area contributed by atoms with Crippen LogP contribution in [0.5, 0.6) is 0 Å². The van der Waals surface area contributed by atoms with E-state index >= 15 is 0 Å². The van der Waals surface area contributed by atoms with E-state index in [4.69, 9.17) is 0 Å². The minimum Gasteiger partial charge on any atom is -0.207 e. The summed E-state index contributed by atoms with van der Waals surface area (Å²) in [5.41, 5.74) is 0.784. The average Bonchev–Trinajstić information content (AvgIpc) is 2.47. The van der Waals surface area contributed by atoms with Gasteiger partial charge in [0, 0.05) is 24.6 Å². The van der Waals surface area contributed by atoms with Crippen LogP contribution in [0.15, 0.2) is 52.3 Å². The van der Waals surface area contributed by atoms with Crippen molar-refractivity contribution in [2.75, 3.05) is 13.3 Å². The Bertz CT molecular complexity index is 762. The molecule has 0 saturated carbocycles. The molecule has 118 valence electrons. The van der Waals surface area contributed by atoms with Gasteiger partial charge in [0.2, 0.25) is 10.0 Å². The molecule has 22 heavy (non-hydrogen) atoms. The lowest BCUT2D eigenvalue weighted by Gasteiger charge is -2.18. The lowest BCUT2D eigenvalue weighted by molar-refractivity contribution is 0.458. The number of hydrogen-bond acceptors (Lipinski definition) is 3. The Morgan fingerprint density at radius 3 is 2.27 bits per heavy atom. The highest BCUT2D eigenvalue weighted by molar-refractivity contribution is 7.98. The Kier molecular flexibility index (Phi) is 5.20. The van der Waals surface area contributed by atoms with E-state index in [2.05, 4.69) is 0 Å². The lowest BCUT2D eigenvalue weighted by atomic mass is 10.2. The molecule has 0 spiro atoms. The highest BCUT2D eigenvalue weighted by Gasteiger charge is 2.24. The van der Waals surface area contributed by atoms with Crippen molar-refractivity contribution in [3.63, 3.8) is 0 Å². The molecule has 0 bridgehead atoms. The van der Waals surface area contributed by atoms with Gasteiger partial charge in [0.05, 0.1) is 0 Å². The van der Waals surface area contributed by atoms with Crippen molar-refractivity contribution < 1.29 is 17.2 Å². The lowest BCUT2D eigenvalue weighted by Crippen LogP contribution is -2.27. The number of thioether (sulfide) groups is 1. The number of hydrogen-bond donors (Lipinski definition) is 0. The second kappa shape index (κ2) is 6.76. The predicted octanol–water partition coefficient (Wildman–Crippen LogP) is 3.51. The zero-order valence-corrected chi connectivity index (χ0v) is 13.7. The van der Waals surface area contributed by atoms with Gasteiger partial charge >= 0.3 is 0 Å². The first kappa shape index (κ1) is 16.9. The van der Waals surface area contributed by atoms with Crippen LogP contribution in [0.25, 0.3) is 0 Å². The SMILES string of the molecule is CSc1ccc(CN(C)S(=O)(=O)c2ccc(F)cc2F)cc1. The van der Waals surface area contributed by atoms with Crippen LogP contribution < -0.4 is 0 Å². The third-order valence-electron chi connectivity index (χ3n) is 3.15. The van der Waals surface area contributed by atoms with Crippen LogP contribution in [-0.2, 0) is 16.6 Å². The van der Waals surface area contributed by atoms with Gasteiger partial charge < -0.3 is 0 Å². The molecule has 0 aliphatic carbocycles. The molecule has 0 aliphatic rings. The van der Waals surface area contributed by atoms with Gasteiger partial charge in [-0.05, 0) is 36.1 Å². The van der Waals surface area contributed by atoms with Gasteiger partial charge in [0.15, 0.2) is 0 Å². The van der Waals surface area contributed by atoms with E-state index in [1.165, 1.54) is 7.05 Å². The molecule has 0 amide bonds. The van der Waals surface area contributed by atoms with Crippen molar-refractivity contribution in [3.8, 4) is 0 Å². The fourth-order valence-corrected chi connectivity index (χ4v) is 3.53. The van der Waals surface area contributed by atoms with E-state index < -0.39 is 26.6 Å². The summed E-state index contributed by atoms with van der Waals surface area (Å²) in [6.07, 6.45) is 1.95. The van der Waals surface area contributed by atoms with Crippen molar-refractivity contribution in [3.05, 3.63) is 59.7 Å². The van der Waals surface area contributed by atoms with Crippen LogP contribution >= 0.6 is 11.8 Å². The van der Waals surface area contributed by atoms with Gasteiger partial charge in [-0.15, -0.1) is 11.8 Å². The normalized spacial score (nSPS) is 11.9. The van der Waals surface area contributed by atoms with E-state index in [-0.39, 0.29) is 6.54 Å². The molecule has 2 rings (SSSR count). The Morgan fingerprint density at radius 1 is 1.09 bits per heavy atom. The van der Waals surface area contributed by atoms with Crippen molar-refractivity contribution >= 4 is 21.8 Å². The fourth-order valence-electron chi connectivity index (χ4n) is 1.93. The molecule has 0 N–H and O–H groups in total. The van der Waals surface area contributed by atoms with Crippen LogP contribution in [0.2, 0.25) is 0 Å². The van der Waals surface area contributed by atoms with Gasteiger partial charge in [-0.2, -0.15) is 4.31 Å². The van der Waals surface area contributed by atoms with Crippen LogP contribution in [0, 0.1) is 11.6 Å². The number of rotatable bonds is 5. The van der Waals surface area contributed by atoms with Crippen LogP contribution in [-0.4, -0.2) is 26.0 Å². The first-order valence-electron chi connectivity index (χ1n) is 6.39. The highest BCUT2D eigenvalue weighted by Crippen LogP contribution is 2.21. The Morgan fingerprint density at radius 2 is 1.73 bits per heavy atom. The molecule has 0 saturated heterocycles. The molecule has 7 heteroatoms. The van der Waals surface area contributed by atoms with Crippen molar-refractivity contribution in [1.29, 1.82) is 0 Å². The number of sulfonamides is 1. The fraction of sp³-hybridized carbons (Fsp3) is 0.200. The second-order valence-corrected chi connectivity index (χ2v) is 7.58. The van der Waals surface area contributed by atoms with Crippen molar-refractivity contribution in [2.45, 2.75) is 16.3 Å². The van der Waals surface area contributed by atoms with E-state index in [1.54, 1.807) is 11.8 Å². The minimum absolute atomic E-state index is 0.105. The summed E-state index contributed by atoms with van der Waals surface area (Å²) < 4.78 is 52.3. The van der Waals surface area contributed by atoms with E-state index in [0.717, 1.165) is 26.9 Å².